The molecule has 0 fully saturated rings. The van der Waals surface area contributed by atoms with Crippen molar-refractivity contribution in [1.29, 1.82) is 0 Å². The number of hydrogen-bond acceptors (Lipinski definition) is 0. The molecule has 0 nitrogen and oxygen atoms in total. The smallest absolute Gasteiger partial charge is 0.0860 e. The van der Waals surface area contributed by atoms with Crippen molar-refractivity contribution in [1.82, 2.24) is 0 Å². The summed E-state index contributed by atoms with van der Waals surface area (Å²) in [7, 11) is 0. The maximum atomic E-state index is 2.40. The van der Waals surface area contributed by atoms with E-state index in [1.165, 1.54) is 23.6 Å². The van der Waals surface area contributed by atoms with Crippen molar-refractivity contribution < 1.29 is 48.1 Å². The zero-order valence-corrected chi connectivity index (χ0v) is 17.8. The van der Waals surface area contributed by atoms with E-state index in [2.05, 4.69) is 51.6 Å². The van der Waals surface area contributed by atoms with Gasteiger partial charge in [0, 0.05) is 0 Å². The molecule has 0 spiro atoms. The average Bonchev–Trinajstić information content (AvgIpc) is 2.93. The van der Waals surface area contributed by atoms with Gasteiger partial charge in [-0.25, -0.2) is 24.3 Å². The first-order valence-electron chi connectivity index (χ1n) is 6.47. The van der Waals surface area contributed by atoms with E-state index in [0.29, 0.717) is 0 Å². The van der Waals surface area contributed by atoms with Gasteiger partial charge in [-0.15, -0.1) is 0 Å². The van der Waals surface area contributed by atoms with Crippen LogP contribution in [0.15, 0.2) is 48.5 Å². The van der Waals surface area contributed by atoms with E-state index in [1.807, 2.05) is 24.3 Å². The molecular formula is C16H24Cl2SiZr-2. The first-order chi connectivity index (χ1) is 8.56. The molecule has 0 amide bonds. The van der Waals surface area contributed by atoms with Crippen molar-refractivity contribution in [3.8, 4) is 0 Å². The van der Waals surface area contributed by atoms with Crippen LogP contribution >= 0.6 is 0 Å². The van der Waals surface area contributed by atoms with E-state index < -0.39 is 0 Å². The van der Waals surface area contributed by atoms with Crippen LogP contribution in [-0.2, 0) is 23.3 Å². The molecule has 0 radical (unpaired) electrons. The summed E-state index contributed by atoms with van der Waals surface area (Å²) in [6, 6.07) is 18.0. The zero-order chi connectivity index (χ0) is 13.8. The van der Waals surface area contributed by atoms with Crippen molar-refractivity contribution in [2.24, 2.45) is 0 Å². The van der Waals surface area contributed by atoms with Crippen LogP contribution in [0, 0.1) is 13.8 Å². The van der Waals surface area contributed by atoms with Crippen LogP contribution in [0.5, 0.6) is 0 Å². The topological polar surface area (TPSA) is 0 Å². The number of hydrogen-bond donors (Lipinski definition) is 0. The van der Waals surface area contributed by atoms with Crippen molar-refractivity contribution in [2.75, 3.05) is 0 Å². The van der Waals surface area contributed by atoms with Gasteiger partial charge in [-0.1, -0.05) is 13.8 Å². The normalized spacial score (nSPS) is 7.90. The molecule has 0 saturated carbocycles. The summed E-state index contributed by atoms with van der Waals surface area (Å²) >= 11 is 1.79. The number of rotatable bonds is 2. The van der Waals surface area contributed by atoms with Crippen LogP contribution in [0.25, 0.3) is 0 Å². The Kier molecular flexibility index (Phi) is 22.1. The molecule has 0 N–H and O–H groups in total. The Labute approximate surface area is 152 Å². The fourth-order valence-electron chi connectivity index (χ4n) is 1.32. The van der Waals surface area contributed by atoms with E-state index in [4.69, 9.17) is 0 Å². The van der Waals surface area contributed by atoms with Gasteiger partial charge < -0.3 is 24.8 Å². The number of halogens is 2. The molecule has 4 heteroatoms. The molecule has 0 unspecified atom stereocenters. The van der Waals surface area contributed by atoms with Gasteiger partial charge in [0.25, 0.3) is 0 Å². The Balaban J connectivity index is -0.000000206. The van der Waals surface area contributed by atoms with Crippen LogP contribution in [0.4, 0.5) is 0 Å². The Morgan fingerprint density at radius 3 is 1.20 bits per heavy atom. The summed E-state index contributed by atoms with van der Waals surface area (Å²) in [5.41, 5.74) is 2.89. The molecule has 0 heterocycles. The second-order valence-electron chi connectivity index (χ2n) is 4.45. The minimum atomic E-state index is 0. The summed E-state index contributed by atoms with van der Waals surface area (Å²) in [6.07, 6.45) is 1.40. The summed E-state index contributed by atoms with van der Waals surface area (Å²) < 4.78 is 0. The first-order valence-corrected chi connectivity index (χ1v) is 12.4. The summed E-state index contributed by atoms with van der Waals surface area (Å²) in [6.45, 7) is 8.82. The molecule has 2 rings (SSSR count). The van der Waals surface area contributed by atoms with Crippen LogP contribution in [-0.4, -0.2) is 5.43 Å². The van der Waals surface area contributed by atoms with Gasteiger partial charge in [-0.05, 0) is 0 Å². The molecule has 0 atom stereocenters. The Hall–Kier alpha value is 0.380. The maximum absolute atomic E-state index is 2.40. The molecule has 0 aromatic heterocycles. The van der Waals surface area contributed by atoms with Crippen molar-refractivity contribution in [3.63, 3.8) is 0 Å². The summed E-state index contributed by atoms with van der Waals surface area (Å²) in [5, 5.41) is 0. The summed E-state index contributed by atoms with van der Waals surface area (Å²) in [4.78, 5) is 0. The van der Waals surface area contributed by atoms with Crippen LogP contribution in [0.2, 0.25) is 12.6 Å². The van der Waals surface area contributed by atoms with E-state index >= 15 is 0 Å². The first kappa shape index (κ1) is 25.3. The molecule has 20 heavy (non-hydrogen) atoms. The predicted molar refractivity (Wildman–Crippen MR) is 80.3 cm³/mol. The average molecular weight is 407 g/mol. The van der Waals surface area contributed by atoms with Gasteiger partial charge in [-0.3, -0.25) is 0 Å². The van der Waals surface area contributed by atoms with Gasteiger partial charge in [0.15, 0.2) is 0 Å². The van der Waals surface area contributed by atoms with Gasteiger partial charge in [0.05, 0.1) is 0 Å². The van der Waals surface area contributed by atoms with Crippen molar-refractivity contribution in [2.45, 2.75) is 39.8 Å². The standard InChI is InChI=1S/2C6H7.C4H10Si.2ClH.Zr/c2*1-6-4-2-3-5-6;1-3-4-5-2;;;/h2*2-5H,1H3;3-4H2,1-2H3;2*1H;/q2*-1;;;;+2/p-2. The molecule has 2 aromatic carbocycles. The Morgan fingerprint density at radius 2 is 1.15 bits per heavy atom. The monoisotopic (exact) mass is 404 g/mol. The fraction of sp³-hybridized carbons (Fsp3) is 0.375. The van der Waals surface area contributed by atoms with E-state index in [1.54, 1.807) is 23.3 Å². The molecule has 0 aliphatic rings. The quantitative estimate of drug-likeness (QED) is 0.444. The third-order valence-electron chi connectivity index (χ3n) is 2.28. The van der Waals surface area contributed by atoms with Crippen LogP contribution in [0.1, 0.15) is 24.5 Å². The molecule has 112 valence electrons. The third-order valence-corrected chi connectivity index (χ3v) is 5.38. The van der Waals surface area contributed by atoms with Gasteiger partial charge >= 0.3 is 54.7 Å². The van der Waals surface area contributed by atoms with Crippen LogP contribution < -0.4 is 24.8 Å². The fourth-order valence-corrected chi connectivity index (χ4v) is 3.91. The molecule has 2 aromatic rings. The SMILES string of the molecule is CCC[Si](C)=[Zr+2].C[c-]1cccc1.C[c-]1cccc1.[Cl-].[Cl-]. The minimum Gasteiger partial charge on any atom is -1.00 e. The van der Waals surface area contributed by atoms with Crippen LogP contribution in [0.3, 0.4) is 0 Å². The molecular weight excluding hydrogens is 382 g/mol. The van der Waals surface area contributed by atoms with Gasteiger partial charge in [0.2, 0.25) is 0 Å². The molecule has 0 saturated heterocycles. The van der Waals surface area contributed by atoms with E-state index in [0.717, 1.165) is 0 Å². The van der Waals surface area contributed by atoms with Gasteiger partial charge in [-0.2, -0.15) is 35.4 Å². The number of aryl methyl sites for hydroxylation is 2. The second kappa shape index (κ2) is 17.4. The molecule has 0 bridgehead atoms. The predicted octanol–water partition coefficient (Wildman–Crippen LogP) is -1.000. The molecule has 0 aliphatic carbocycles. The molecule has 0 aliphatic heterocycles. The second-order valence-corrected chi connectivity index (χ2v) is 12.8. The van der Waals surface area contributed by atoms with Crippen molar-refractivity contribution in [3.05, 3.63) is 59.7 Å². The van der Waals surface area contributed by atoms with Crippen molar-refractivity contribution >= 4 is 5.43 Å². The minimum absolute atomic E-state index is 0. The zero-order valence-electron chi connectivity index (χ0n) is 12.8. The largest absolute Gasteiger partial charge is 1.00 e. The van der Waals surface area contributed by atoms with E-state index in [-0.39, 0.29) is 30.2 Å². The maximum Gasteiger partial charge on any atom is -0.0860 e. The summed E-state index contributed by atoms with van der Waals surface area (Å²) in [5.74, 6) is 0. The Morgan fingerprint density at radius 1 is 0.850 bits per heavy atom. The van der Waals surface area contributed by atoms with E-state index in [9.17, 15) is 0 Å². The van der Waals surface area contributed by atoms with Gasteiger partial charge in [0.1, 0.15) is 0 Å². The third kappa shape index (κ3) is 18.4. The Bertz CT molecular complexity index is 362.